The third-order valence-electron chi connectivity index (χ3n) is 3.86. The Morgan fingerprint density at radius 2 is 1.77 bits per heavy atom. The normalized spacial score (nSPS) is 12.2. The highest BCUT2D eigenvalue weighted by molar-refractivity contribution is 7.91. The highest BCUT2D eigenvalue weighted by atomic mass is 32.2. The van der Waals surface area contributed by atoms with Crippen molar-refractivity contribution in [3.8, 4) is 0 Å². The minimum absolute atomic E-state index is 0.137. The van der Waals surface area contributed by atoms with Gasteiger partial charge in [0.2, 0.25) is 9.47 Å². The fourth-order valence-electron chi connectivity index (χ4n) is 2.60. The topological polar surface area (TPSA) is 101 Å². The number of carbonyl (C=O) groups is 1. The van der Waals surface area contributed by atoms with Crippen molar-refractivity contribution in [2.45, 2.75) is 45.0 Å². The summed E-state index contributed by atoms with van der Waals surface area (Å²) in [5, 5.41) is 10.2. The molecule has 2 N–H and O–H groups in total. The Labute approximate surface area is 158 Å². The number of rotatable bonds is 7. The fraction of sp³-hybridized carbons (Fsp3) is 0.471. The molecular formula is C17H24N4O3S2. The van der Waals surface area contributed by atoms with Gasteiger partial charge in [-0.2, -0.15) is 0 Å². The third-order valence-corrected chi connectivity index (χ3v) is 6.53. The van der Waals surface area contributed by atoms with E-state index in [1.807, 2.05) is 40.7 Å². The first-order valence-corrected chi connectivity index (χ1v) is 10.6. The molecule has 0 bridgehead atoms. The van der Waals surface area contributed by atoms with E-state index in [-0.39, 0.29) is 33.3 Å². The molecule has 0 radical (unpaired) electrons. The number of carbonyl (C=O) groups excluding carboxylic acids is 1. The highest BCUT2D eigenvalue weighted by Crippen LogP contribution is 2.22. The van der Waals surface area contributed by atoms with Crippen molar-refractivity contribution in [3.05, 3.63) is 35.4 Å². The van der Waals surface area contributed by atoms with Crippen LogP contribution in [0.2, 0.25) is 0 Å². The van der Waals surface area contributed by atoms with Crippen molar-refractivity contribution >= 4 is 32.4 Å². The minimum Gasteiger partial charge on any atom is -0.296 e. The predicted molar refractivity (Wildman–Crippen MR) is 103 cm³/mol. The molecule has 0 unspecified atom stereocenters. The molecule has 2 rings (SSSR count). The molecule has 1 aromatic heterocycles. The summed E-state index contributed by atoms with van der Waals surface area (Å²) in [5.74, 6) is -0.0830. The summed E-state index contributed by atoms with van der Waals surface area (Å²) < 4.78 is 27.6. The van der Waals surface area contributed by atoms with Crippen molar-refractivity contribution in [2.24, 2.45) is 11.8 Å². The molecule has 9 heteroatoms. The number of aryl methyl sites for hydroxylation is 1. The number of benzene rings is 1. The van der Waals surface area contributed by atoms with Gasteiger partial charge in [-0.15, -0.1) is 10.2 Å². The van der Waals surface area contributed by atoms with Crippen LogP contribution in [0.4, 0.5) is 5.13 Å². The standard InChI is InChI=1S/C17H24N4O3S2/c1-10(2)14(11(3)4)21-26(23,24)17-20-19-16(25-17)18-15(22)13-8-6-7-12(5)9-13/h6-11,14,21H,1-5H3,(H,18,19,22). The molecule has 1 amide bonds. The average molecular weight is 397 g/mol. The summed E-state index contributed by atoms with van der Waals surface area (Å²) in [5.41, 5.74) is 1.43. The van der Waals surface area contributed by atoms with Crippen LogP contribution in [0.1, 0.15) is 43.6 Å². The van der Waals surface area contributed by atoms with E-state index in [0.717, 1.165) is 16.9 Å². The molecule has 142 valence electrons. The van der Waals surface area contributed by atoms with Gasteiger partial charge >= 0.3 is 0 Å². The Balaban J connectivity index is 2.14. The van der Waals surface area contributed by atoms with Gasteiger partial charge in [-0.1, -0.05) is 56.7 Å². The number of hydrogen-bond donors (Lipinski definition) is 2. The van der Waals surface area contributed by atoms with E-state index in [2.05, 4.69) is 20.2 Å². The average Bonchev–Trinajstić information content (AvgIpc) is 3.01. The van der Waals surface area contributed by atoms with Crippen LogP contribution in [-0.4, -0.2) is 30.6 Å². The van der Waals surface area contributed by atoms with Gasteiger partial charge in [0.1, 0.15) is 0 Å². The van der Waals surface area contributed by atoms with Crippen molar-refractivity contribution in [1.82, 2.24) is 14.9 Å². The van der Waals surface area contributed by atoms with Crippen LogP contribution in [0.3, 0.4) is 0 Å². The van der Waals surface area contributed by atoms with Gasteiger partial charge in [-0.3, -0.25) is 10.1 Å². The van der Waals surface area contributed by atoms with Crippen molar-refractivity contribution in [2.75, 3.05) is 5.32 Å². The maximum absolute atomic E-state index is 12.5. The number of anilines is 1. The predicted octanol–water partition coefficient (Wildman–Crippen LogP) is 3.06. The van der Waals surface area contributed by atoms with Crippen LogP contribution >= 0.6 is 11.3 Å². The fourth-order valence-corrected chi connectivity index (χ4v) is 5.04. The van der Waals surface area contributed by atoms with Gasteiger partial charge in [0.05, 0.1) is 0 Å². The maximum atomic E-state index is 12.5. The van der Waals surface area contributed by atoms with Crippen LogP contribution in [0.15, 0.2) is 28.6 Å². The van der Waals surface area contributed by atoms with Crippen LogP contribution < -0.4 is 10.0 Å². The zero-order chi connectivity index (χ0) is 19.5. The molecule has 2 aromatic rings. The highest BCUT2D eigenvalue weighted by Gasteiger charge is 2.28. The molecule has 0 aliphatic heterocycles. The second kappa shape index (κ2) is 8.24. The summed E-state index contributed by atoms with van der Waals surface area (Å²) >= 11 is 0.828. The largest absolute Gasteiger partial charge is 0.296 e. The quantitative estimate of drug-likeness (QED) is 0.701. The van der Waals surface area contributed by atoms with E-state index >= 15 is 0 Å². The van der Waals surface area contributed by atoms with Gasteiger partial charge in [-0.25, -0.2) is 13.1 Å². The van der Waals surface area contributed by atoms with Crippen LogP contribution in [-0.2, 0) is 10.0 Å². The van der Waals surface area contributed by atoms with Crippen molar-refractivity contribution in [3.63, 3.8) is 0 Å². The van der Waals surface area contributed by atoms with Crippen LogP contribution in [0, 0.1) is 18.8 Å². The molecule has 0 spiro atoms. The SMILES string of the molecule is Cc1cccc(C(=O)Nc2nnc(S(=O)(=O)NC(C(C)C)C(C)C)s2)c1. The molecule has 26 heavy (non-hydrogen) atoms. The zero-order valence-electron chi connectivity index (χ0n) is 15.5. The lowest BCUT2D eigenvalue weighted by atomic mass is 9.94. The monoisotopic (exact) mass is 396 g/mol. The number of hydrogen-bond acceptors (Lipinski definition) is 6. The molecular weight excluding hydrogens is 372 g/mol. The van der Waals surface area contributed by atoms with E-state index in [1.54, 1.807) is 18.2 Å². The zero-order valence-corrected chi connectivity index (χ0v) is 17.1. The lowest BCUT2D eigenvalue weighted by Gasteiger charge is -2.24. The van der Waals surface area contributed by atoms with Crippen LogP contribution in [0.25, 0.3) is 0 Å². The van der Waals surface area contributed by atoms with Gasteiger partial charge in [0, 0.05) is 11.6 Å². The number of nitrogens with zero attached hydrogens (tertiary/aromatic N) is 2. The van der Waals surface area contributed by atoms with Crippen LogP contribution in [0.5, 0.6) is 0 Å². The maximum Gasteiger partial charge on any atom is 0.270 e. The second-order valence-corrected chi connectivity index (χ2v) is 9.70. The molecule has 1 aromatic carbocycles. The number of amides is 1. The number of nitrogens with one attached hydrogen (secondary N) is 2. The molecule has 0 fully saturated rings. The van der Waals surface area contributed by atoms with Gasteiger partial charge < -0.3 is 0 Å². The molecule has 0 saturated heterocycles. The smallest absolute Gasteiger partial charge is 0.270 e. The molecule has 1 heterocycles. The summed E-state index contributed by atoms with van der Waals surface area (Å²) in [6.07, 6.45) is 0. The molecule has 0 atom stereocenters. The van der Waals surface area contributed by atoms with Gasteiger partial charge in [0.15, 0.2) is 0 Å². The van der Waals surface area contributed by atoms with Gasteiger partial charge in [-0.05, 0) is 30.9 Å². The number of aromatic nitrogens is 2. The minimum atomic E-state index is -3.79. The van der Waals surface area contributed by atoms with E-state index in [0.29, 0.717) is 5.56 Å². The molecule has 7 nitrogen and oxygen atoms in total. The van der Waals surface area contributed by atoms with Crippen molar-refractivity contribution < 1.29 is 13.2 Å². The first-order chi connectivity index (χ1) is 12.1. The van der Waals surface area contributed by atoms with Crippen molar-refractivity contribution in [1.29, 1.82) is 0 Å². The summed E-state index contributed by atoms with van der Waals surface area (Å²) in [6, 6.07) is 6.87. The van der Waals surface area contributed by atoms with E-state index in [1.165, 1.54) is 0 Å². The molecule has 0 aliphatic carbocycles. The Morgan fingerprint density at radius 1 is 1.12 bits per heavy atom. The van der Waals surface area contributed by atoms with Gasteiger partial charge in [0.25, 0.3) is 15.9 Å². The lowest BCUT2D eigenvalue weighted by Crippen LogP contribution is -2.42. The van der Waals surface area contributed by atoms with E-state index in [4.69, 9.17) is 0 Å². The Hall–Kier alpha value is -1.84. The first-order valence-electron chi connectivity index (χ1n) is 8.34. The second-order valence-electron chi connectivity index (χ2n) is 6.83. The summed E-state index contributed by atoms with van der Waals surface area (Å²) in [4.78, 5) is 12.2. The Kier molecular flexibility index (Phi) is 6.48. The molecule has 0 aliphatic rings. The van der Waals surface area contributed by atoms with E-state index in [9.17, 15) is 13.2 Å². The Bertz CT molecular complexity index is 868. The number of sulfonamides is 1. The lowest BCUT2D eigenvalue weighted by molar-refractivity contribution is 0.102. The third kappa shape index (κ3) is 5.09. The molecule has 0 saturated carbocycles. The first kappa shape index (κ1) is 20.5. The Morgan fingerprint density at radius 3 is 2.35 bits per heavy atom. The summed E-state index contributed by atoms with van der Waals surface area (Å²) in [6.45, 7) is 9.72. The van der Waals surface area contributed by atoms with E-state index < -0.39 is 10.0 Å². The summed E-state index contributed by atoms with van der Waals surface area (Å²) in [7, 11) is -3.79.